The maximum atomic E-state index is 12.9. The molecule has 144 valence electrons. The van der Waals surface area contributed by atoms with Crippen LogP contribution in [0.15, 0.2) is 24.3 Å². The molecule has 6 nitrogen and oxygen atoms in total. The predicted octanol–water partition coefficient (Wildman–Crippen LogP) is 1.54. The number of carbonyl (C=O) groups excluding carboxylic acids is 2. The second-order valence-electron chi connectivity index (χ2n) is 7.21. The van der Waals surface area contributed by atoms with E-state index in [0.717, 1.165) is 26.2 Å². The van der Waals surface area contributed by atoms with Crippen LogP contribution in [0.2, 0.25) is 0 Å². The van der Waals surface area contributed by atoms with Crippen LogP contribution in [-0.2, 0) is 9.59 Å². The maximum absolute atomic E-state index is 12.9. The monoisotopic (exact) mass is 364 g/mol. The van der Waals surface area contributed by atoms with Gasteiger partial charge < -0.3 is 10.6 Å². The number of anilines is 1. The Bertz CT molecular complexity index is 598. The molecule has 1 atom stereocenters. The van der Waals surface area contributed by atoms with Gasteiger partial charge in [0.15, 0.2) is 0 Å². The molecule has 2 N–H and O–H groups in total. The third-order valence-electron chi connectivity index (χ3n) is 4.72. The minimum absolute atomic E-state index is 0.0497. The molecule has 0 unspecified atom stereocenters. The van der Waals surface area contributed by atoms with E-state index in [1.165, 1.54) is 12.1 Å². The summed E-state index contributed by atoms with van der Waals surface area (Å²) < 4.78 is 12.9. The molecule has 1 fully saturated rings. The third kappa shape index (κ3) is 6.72. The molecule has 0 bridgehead atoms. The van der Waals surface area contributed by atoms with E-state index >= 15 is 0 Å². The summed E-state index contributed by atoms with van der Waals surface area (Å²) in [5, 5.41) is 5.78. The van der Waals surface area contributed by atoms with Crippen molar-refractivity contribution in [2.45, 2.75) is 26.8 Å². The lowest BCUT2D eigenvalue weighted by Gasteiger charge is -2.34. The zero-order chi connectivity index (χ0) is 19.1. The molecule has 1 aliphatic rings. The topological polar surface area (TPSA) is 64.7 Å². The molecule has 2 amide bonds. The van der Waals surface area contributed by atoms with Gasteiger partial charge in [0.1, 0.15) is 5.82 Å². The first-order chi connectivity index (χ1) is 12.3. The molecule has 0 saturated carbocycles. The molecule has 1 heterocycles. The largest absolute Gasteiger partial charge is 0.352 e. The van der Waals surface area contributed by atoms with Crippen LogP contribution in [0.25, 0.3) is 0 Å². The van der Waals surface area contributed by atoms with Crippen molar-refractivity contribution in [3.05, 3.63) is 30.1 Å². The Hall–Kier alpha value is -1.99. The van der Waals surface area contributed by atoms with Gasteiger partial charge in [-0.05, 0) is 37.1 Å². The Labute approximate surface area is 154 Å². The summed E-state index contributed by atoms with van der Waals surface area (Å²) in [5.41, 5.74) is 0.589. The van der Waals surface area contributed by atoms with E-state index in [-0.39, 0.29) is 23.7 Å². The van der Waals surface area contributed by atoms with Gasteiger partial charge in [0.25, 0.3) is 0 Å². The number of hydrogen-bond donors (Lipinski definition) is 2. The van der Waals surface area contributed by atoms with Crippen LogP contribution in [0, 0.1) is 11.7 Å². The smallest absolute Gasteiger partial charge is 0.238 e. The van der Waals surface area contributed by atoms with Crippen LogP contribution in [0.1, 0.15) is 20.8 Å². The predicted molar refractivity (Wildman–Crippen MR) is 100 cm³/mol. The molecule has 7 heteroatoms. The highest BCUT2D eigenvalue weighted by atomic mass is 19.1. The van der Waals surface area contributed by atoms with Crippen LogP contribution >= 0.6 is 0 Å². The molecule has 1 aromatic carbocycles. The highest BCUT2D eigenvalue weighted by molar-refractivity contribution is 5.92. The summed E-state index contributed by atoms with van der Waals surface area (Å²) in [6.45, 7) is 9.87. The van der Waals surface area contributed by atoms with Gasteiger partial charge in [-0.3, -0.25) is 19.4 Å². The van der Waals surface area contributed by atoms with E-state index in [2.05, 4.69) is 34.3 Å². The fourth-order valence-electron chi connectivity index (χ4n) is 2.71. The van der Waals surface area contributed by atoms with Crippen molar-refractivity contribution in [3.63, 3.8) is 0 Å². The summed E-state index contributed by atoms with van der Waals surface area (Å²) in [6, 6.07) is 5.89. The van der Waals surface area contributed by atoms with Gasteiger partial charge in [0.2, 0.25) is 11.8 Å². The Morgan fingerprint density at radius 3 is 1.96 bits per heavy atom. The van der Waals surface area contributed by atoms with Crippen molar-refractivity contribution in [2.24, 2.45) is 5.92 Å². The average Bonchev–Trinajstić information content (AvgIpc) is 2.58. The minimum Gasteiger partial charge on any atom is -0.352 e. The van der Waals surface area contributed by atoms with Gasteiger partial charge in [0.05, 0.1) is 13.1 Å². The van der Waals surface area contributed by atoms with Gasteiger partial charge in [0, 0.05) is 37.9 Å². The number of nitrogens with one attached hydrogen (secondary N) is 2. The fraction of sp³-hybridized carbons (Fsp3) is 0.579. The van der Waals surface area contributed by atoms with E-state index in [0.29, 0.717) is 24.7 Å². The van der Waals surface area contributed by atoms with Crippen LogP contribution in [0.5, 0.6) is 0 Å². The van der Waals surface area contributed by atoms with E-state index in [1.807, 2.05) is 6.92 Å². The molecule has 1 saturated heterocycles. The molecular formula is C19H29FN4O2. The number of rotatable bonds is 7. The highest BCUT2D eigenvalue weighted by Gasteiger charge is 2.21. The molecule has 1 aromatic rings. The Balaban J connectivity index is 1.68. The van der Waals surface area contributed by atoms with Crippen LogP contribution < -0.4 is 10.6 Å². The van der Waals surface area contributed by atoms with Crippen LogP contribution in [-0.4, -0.2) is 66.9 Å². The molecule has 2 rings (SSSR count). The van der Waals surface area contributed by atoms with Crippen molar-refractivity contribution in [1.82, 2.24) is 15.1 Å². The van der Waals surface area contributed by atoms with Crippen LogP contribution in [0.3, 0.4) is 0 Å². The van der Waals surface area contributed by atoms with Gasteiger partial charge >= 0.3 is 0 Å². The van der Waals surface area contributed by atoms with Crippen molar-refractivity contribution in [3.8, 4) is 0 Å². The second kappa shape index (κ2) is 9.64. The lowest BCUT2D eigenvalue weighted by molar-refractivity contribution is -0.124. The van der Waals surface area contributed by atoms with E-state index in [4.69, 9.17) is 0 Å². The van der Waals surface area contributed by atoms with Crippen molar-refractivity contribution < 1.29 is 14.0 Å². The van der Waals surface area contributed by atoms with Gasteiger partial charge in [-0.2, -0.15) is 0 Å². The number of nitrogens with zero attached hydrogens (tertiary/aromatic N) is 2. The molecule has 26 heavy (non-hydrogen) atoms. The number of piperazine rings is 1. The van der Waals surface area contributed by atoms with Crippen LogP contribution in [0.4, 0.5) is 10.1 Å². The molecule has 0 aromatic heterocycles. The van der Waals surface area contributed by atoms with E-state index in [1.54, 1.807) is 12.1 Å². The normalized spacial score (nSPS) is 17.1. The van der Waals surface area contributed by atoms with Gasteiger partial charge in [-0.25, -0.2) is 4.39 Å². The zero-order valence-electron chi connectivity index (χ0n) is 15.8. The standard InChI is InChI=1S/C19H29FN4O2/c1-14(2)15(3)21-18(25)12-23-8-10-24(11-9-23)13-19(26)22-17-6-4-16(20)5-7-17/h4-7,14-15H,8-13H2,1-3H3,(H,21,25)(H,22,26)/t15-/m0/s1. The number of benzene rings is 1. The molecule has 0 aliphatic carbocycles. The van der Waals surface area contributed by atoms with E-state index in [9.17, 15) is 14.0 Å². The lowest BCUT2D eigenvalue weighted by atomic mass is 10.1. The summed E-state index contributed by atoms with van der Waals surface area (Å²) in [7, 11) is 0. The number of halogens is 1. The quantitative estimate of drug-likeness (QED) is 0.770. The maximum Gasteiger partial charge on any atom is 0.238 e. The second-order valence-corrected chi connectivity index (χ2v) is 7.21. The molecule has 0 spiro atoms. The summed E-state index contributed by atoms with van der Waals surface area (Å²) in [4.78, 5) is 28.3. The third-order valence-corrected chi connectivity index (χ3v) is 4.72. The Morgan fingerprint density at radius 2 is 1.46 bits per heavy atom. The highest BCUT2D eigenvalue weighted by Crippen LogP contribution is 2.09. The first-order valence-corrected chi connectivity index (χ1v) is 9.13. The fourth-order valence-corrected chi connectivity index (χ4v) is 2.71. The summed E-state index contributed by atoms with van der Waals surface area (Å²) in [5.74, 6) is 0.0172. The number of carbonyl (C=O) groups is 2. The minimum atomic E-state index is -0.328. The van der Waals surface area contributed by atoms with Crippen molar-refractivity contribution in [2.75, 3.05) is 44.6 Å². The Morgan fingerprint density at radius 1 is 0.962 bits per heavy atom. The number of hydrogen-bond acceptors (Lipinski definition) is 4. The summed E-state index contributed by atoms with van der Waals surface area (Å²) in [6.07, 6.45) is 0. The average molecular weight is 364 g/mol. The van der Waals surface area contributed by atoms with Gasteiger partial charge in [-0.1, -0.05) is 13.8 Å². The first-order valence-electron chi connectivity index (χ1n) is 9.13. The molecule has 0 radical (unpaired) electrons. The van der Waals surface area contributed by atoms with E-state index < -0.39 is 0 Å². The lowest BCUT2D eigenvalue weighted by Crippen LogP contribution is -2.51. The molecule has 1 aliphatic heterocycles. The SMILES string of the molecule is CC(C)[C@H](C)NC(=O)CN1CCN(CC(=O)Nc2ccc(F)cc2)CC1. The number of amides is 2. The zero-order valence-corrected chi connectivity index (χ0v) is 15.8. The van der Waals surface area contributed by atoms with Crippen molar-refractivity contribution in [1.29, 1.82) is 0 Å². The first kappa shape index (κ1) is 20.3. The summed E-state index contributed by atoms with van der Waals surface area (Å²) >= 11 is 0. The van der Waals surface area contributed by atoms with Crippen molar-refractivity contribution >= 4 is 17.5 Å². The Kier molecular flexibility index (Phi) is 7.53. The molecular weight excluding hydrogens is 335 g/mol. The van der Waals surface area contributed by atoms with Gasteiger partial charge in [-0.15, -0.1) is 0 Å².